The Morgan fingerprint density at radius 3 is 2.53 bits per heavy atom. The van der Waals surface area contributed by atoms with Crippen molar-refractivity contribution in [3.63, 3.8) is 0 Å². The Hall–Kier alpha value is -1.64. The summed E-state index contributed by atoms with van der Waals surface area (Å²) in [5, 5.41) is 7.26. The lowest BCUT2D eigenvalue weighted by Crippen LogP contribution is -1.93. The van der Waals surface area contributed by atoms with E-state index in [0.29, 0.717) is 18.6 Å². The molecule has 0 aliphatic heterocycles. The Bertz CT molecular complexity index is 364. The molecule has 0 bridgehead atoms. The summed E-state index contributed by atoms with van der Waals surface area (Å²) in [6, 6.07) is 0. The van der Waals surface area contributed by atoms with E-state index in [0.717, 1.165) is 11.1 Å². The minimum atomic E-state index is -0.266. The van der Waals surface area contributed by atoms with Crippen LogP contribution in [0.2, 0.25) is 0 Å². The third-order valence-corrected chi connectivity index (χ3v) is 2.23. The predicted molar refractivity (Wildman–Crippen MR) is 70.9 cm³/mol. The molecule has 0 atom stereocenters. The zero-order chi connectivity index (χ0) is 13.3. The van der Waals surface area contributed by atoms with Crippen molar-refractivity contribution in [3.05, 3.63) is 47.5 Å². The number of halogens is 1. The average molecular weight is 237 g/mol. The number of hydrogen-bond donors (Lipinski definition) is 1. The average Bonchev–Trinajstić information content (AvgIpc) is 2.32. The molecule has 1 N–H and O–H groups in total. The van der Waals surface area contributed by atoms with Crippen LogP contribution in [0.5, 0.6) is 0 Å². The Morgan fingerprint density at radius 2 is 2.06 bits per heavy atom. The molecule has 0 saturated carbocycles. The molecule has 0 radical (unpaired) electrons. The predicted octanol–water partition coefficient (Wildman–Crippen LogP) is 4.32. The standard InChI is InChI=1S/C14H20FNO/c1-5-6-14(15)8-7-11(2)9-13(10-16)12(3)17-4/h6-8,10,16H,2,5,9H2,1,3-4H3. The summed E-state index contributed by atoms with van der Waals surface area (Å²) in [5.74, 6) is 0.414. The number of rotatable bonds is 7. The maximum atomic E-state index is 13.1. The first-order chi connectivity index (χ1) is 8.04. The van der Waals surface area contributed by atoms with Crippen molar-refractivity contribution in [2.75, 3.05) is 7.11 Å². The fourth-order valence-electron chi connectivity index (χ4n) is 1.17. The normalized spacial score (nSPS) is 13.5. The summed E-state index contributed by atoms with van der Waals surface area (Å²) in [6.07, 6.45) is 6.88. The van der Waals surface area contributed by atoms with Gasteiger partial charge in [-0.3, -0.25) is 0 Å². The van der Waals surface area contributed by atoms with E-state index in [4.69, 9.17) is 10.1 Å². The fraction of sp³-hybridized carbons (Fsp3) is 0.357. The molecule has 0 aliphatic carbocycles. The molecule has 94 valence electrons. The molecule has 0 rings (SSSR count). The molecule has 3 heteroatoms. The summed E-state index contributed by atoms with van der Waals surface area (Å²) < 4.78 is 18.1. The van der Waals surface area contributed by atoms with E-state index in [-0.39, 0.29) is 5.83 Å². The molecule has 0 unspecified atom stereocenters. The molecule has 0 aromatic carbocycles. The van der Waals surface area contributed by atoms with Gasteiger partial charge in [0.2, 0.25) is 0 Å². The maximum Gasteiger partial charge on any atom is 0.119 e. The highest BCUT2D eigenvalue weighted by Crippen LogP contribution is 2.14. The molecule has 0 fully saturated rings. The number of ether oxygens (including phenoxy) is 1. The minimum Gasteiger partial charge on any atom is -0.501 e. The van der Waals surface area contributed by atoms with Gasteiger partial charge in [0.1, 0.15) is 5.83 Å². The van der Waals surface area contributed by atoms with E-state index in [9.17, 15) is 4.39 Å². The van der Waals surface area contributed by atoms with Gasteiger partial charge in [0, 0.05) is 18.2 Å². The molecule has 17 heavy (non-hydrogen) atoms. The van der Waals surface area contributed by atoms with Crippen molar-refractivity contribution in [1.82, 2.24) is 0 Å². The van der Waals surface area contributed by atoms with Crippen molar-refractivity contribution in [2.45, 2.75) is 26.7 Å². The SMILES string of the molecule is C=C(C=CC(F)=CCC)CC(C=N)=C(C)OC. The van der Waals surface area contributed by atoms with E-state index >= 15 is 0 Å². The van der Waals surface area contributed by atoms with Gasteiger partial charge < -0.3 is 10.1 Å². The van der Waals surface area contributed by atoms with Gasteiger partial charge in [0.05, 0.1) is 12.9 Å². The van der Waals surface area contributed by atoms with Gasteiger partial charge in [-0.15, -0.1) is 0 Å². The molecule has 0 heterocycles. The molecule has 0 amide bonds. The van der Waals surface area contributed by atoms with Crippen LogP contribution >= 0.6 is 0 Å². The maximum absolute atomic E-state index is 13.1. The highest BCUT2D eigenvalue weighted by atomic mass is 19.1. The first-order valence-corrected chi connectivity index (χ1v) is 5.50. The lowest BCUT2D eigenvalue weighted by atomic mass is 10.1. The van der Waals surface area contributed by atoms with Crippen molar-refractivity contribution >= 4 is 6.21 Å². The van der Waals surface area contributed by atoms with Gasteiger partial charge in [0.15, 0.2) is 0 Å². The third kappa shape index (κ3) is 6.51. The molecule has 0 aromatic heterocycles. The summed E-state index contributed by atoms with van der Waals surface area (Å²) >= 11 is 0. The van der Waals surface area contributed by atoms with Crippen LogP contribution in [0.4, 0.5) is 4.39 Å². The van der Waals surface area contributed by atoms with Gasteiger partial charge in [-0.05, 0) is 25.5 Å². The van der Waals surface area contributed by atoms with Crippen molar-refractivity contribution in [3.8, 4) is 0 Å². The van der Waals surface area contributed by atoms with Crippen LogP contribution in [-0.4, -0.2) is 13.3 Å². The highest BCUT2D eigenvalue weighted by Gasteiger charge is 2.01. The second kappa shape index (κ2) is 8.50. The van der Waals surface area contributed by atoms with Gasteiger partial charge in [0.25, 0.3) is 0 Å². The van der Waals surface area contributed by atoms with Crippen molar-refractivity contribution in [2.24, 2.45) is 0 Å². The van der Waals surface area contributed by atoms with Crippen LogP contribution in [0.25, 0.3) is 0 Å². The molecule has 2 nitrogen and oxygen atoms in total. The minimum absolute atomic E-state index is 0.266. The van der Waals surface area contributed by atoms with Gasteiger partial charge in [-0.2, -0.15) is 0 Å². The molecular weight excluding hydrogens is 217 g/mol. The van der Waals surface area contributed by atoms with Crippen LogP contribution in [-0.2, 0) is 4.74 Å². The summed E-state index contributed by atoms with van der Waals surface area (Å²) in [4.78, 5) is 0. The fourth-order valence-corrected chi connectivity index (χ4v) is 1.17. The topological polar surface area (TPSA) is 33.1 Å². The van der Waals surface area contributed by atoms with E-state index in [1.54, 1.807) is 20.1 Å². The number of allylic oxidation sites excluding steroid dienone is 7. The second-order valence-electron chi connectivity index (χ2n) is 3.60. The molecule has 0 aromatic rings. The number of hydrogen-bond acceptors (Lipinski definition) is 2. The Balaban J connectivity index is 4.56. The zero-order valence-electron chi connectivity index (χ0n) is 10.7. The van der Waals surface area contributed by atoms with Gasteiger partial charge in [-0.25, -0.2) is 4.39 Å². The van der Waals surface area contributed by atoms with Gasteiger partial charge in [-0.1, -0.05) is 25.2 Å². The highest BCUT2D eigenvalue weighted by molar-refractivity contribution is 5.77. The Morgan fingerprint density at radius 1 is 1.41 bits per heavy atom. The first-order valence-electron chi connectivity index (χ1n) is 5.50. The summed E-state index contributed by atoms with van der Waals surface area (Å²) in [6.45, 7) is 7.48. The Labute approximate surface area is 103 Å². The van der Waals surface area contributed by atoms with Crippen molar-refractivity contribution in [1.29, 1.82) is 5.41 Å². The monoisotopic (exact) mass is 237 g/mol. The van der Waals surface area contributed by atoms with Crippen LogP contribution in [0, 0.1) is 5.41 Å². The second-order valence-corrected chi connectivity index (χ2v) is 3.60. The zero-order valence-corrected chi connectivity index (χ0v) is 10.7. The largest absolute Gasteiger partial charge is 0.501 e. The van der Waals surface area contributed by atoms with E-state index in [1.165, 1.54) is 18.4 Å². The molecular formula is C14H20FNO. The van der Waals surface area contributed by atoms with E-state index < -0.39 is 0 Å². The number of methoxy groups -OCH3 is 1. The quantitative estimate of drug-likeness (QED) is 0.399. The molecule has 0 spiro atoms. The van der Waals surface area contributed by atoms with Crippen LogP contribution in [0.3, 0.4) is 0 Å². The smallest absolute Gasteiger partial charge is 0.119 e. The van der Waals surface area contributed by atoms with Gasteiger partial charge >= 0.3 is 0 Å². The molecule has 0 aliphatic rings. The van der Waals surface area contributed by atoms with Crippen LogP contribution in [0.15, 0.2) is 47.5 Å². The molecule has 0 saturated heterocycles. The summed E-state index contributed by atoms with van der Waals surface area (Å²) in [7, 11) is 1.56. The first kappa shape index (κ1) is 15.4. The lowest BCUT2D eigenvalue weighted by molar-refractivity contribution is 0.290. The number of nitrogens with one attached hydrogen (secondary N) is 1. The lowest BCUT2D eigenvalue weighted by Gasteiger charge is -2.06. The van der Waals surface area contributed by atoms with Crippen LogP contribution < -0.4 is 0 Å². The van der Waals surface area contributed by atoms with Crippen LogP contribution in [0.1, 0.15) is 26.7 Å². The van der Waals surface area contributed by atoms with E-state index in [2.05, 4.69) is 6.58 Å². The summed E-state index contributed by atoms with van der Waals surface area (Å²) in [5.41, 5.74) is 1.47. The third-order valence-electron chi connectivity index (χ3n) is 2.23. The Kier molecular flexibility index (Phi) is 7.68. The van der Waals surface area contributed by atoms with Crippen molar-refractivity contribution < 1.29 is 9.13 Å². The van der Waals surface area contributed by atoms with E-state index in [1.807, 2.05) is 6.92 Å².